The molecule has 0 N–H and O–H groups in total. The third-order valence-corrected chi connectivity index (χ3v) is 14.8. The average Bonchev–Trinajstić information content (AvgIpc) is 3.83. The van der Waals surface area contributed by atoms with Crippen molar-refractivity contribution >= 4 is 91.2 Å². The lowest BCUT2D eigenvalue weighted by Crippen LogP contribution is -2.66. The highest BCUT2D eigenvalue weighted by Gasteiger charge is 2.37. The van der Waals surface area contributed by atoms with Gasteiger partial charge in [0.15, 0.2) is 0 Å². The summed E-state index contributed by atoms with van der Waals surface area (Å²) in [5, 5.41) is 0. The van der Waals surface area contributed by atoms with Gasteiger partial charge in [0.25, 0.3) is 0 Å². The van der Waals surface area contributed by atoms with E-state index in [1.807, 2.05) is 79.7 Å². The number of hydrogen-bond donors (Lipinski definition) is 0. The fourth-order valence-corrected chi connectivity index (χ4v) is 12.7. The summed E-state index contributed by atoms with van der Waals surface area (Å²) < 4.78 is 38.4. The van der Waals surface area contributed by atoms with Gasteiger partial charge < -0.3 is 8.63 Å². The lowest BCUT2D eigenvalue weighted by atomic mass is 9.31. The molecule has 0 atom stereocenters. The SMILES string of the molecule is Cc1cc(C)c([B-](F)(c2ccc(/C=C/c3ccc(/C=C/c4ccc([B-](F)(c5c(C)cc(C)cc5C)c5c(C)cc(C)cc5C)s4)cc3)s2)c2c(C)cc(C)cc2C)c(C)c1. The van der Waals surface area contributed by atoms with E-state index in [-0.39, 0.29) is 0 Å². The molecule has 5 aromatic carbocycles. The summed E-state index contributed by atoms with van der Waals surface area (Å²) in [7, 11) is 0. The molecule has 0 aliphatic heterocycles. The zero-order valence-electron chi connectivity index (χ0n) is 37.3. The highest BCUT2D eigenvalue weighted by Crippen LogP contribution is 2.26. The summed E-state index contributed by atoms with van der Waals surface area (Å²) in [6.07, 6.45) is 2.95. The second kappa shape index (κ2) is 16.8. The molecule has 0 saturated carbocycles. The molecule has 0 unspecified atom stereocenters. The predicted molar refractivity (Wildman–Crippen MR) is 267 cm³/mol. The Morgan fingerprint density at radius 2 is 0.567 bits per heavy atom. The molecule has 0 aliphatic carbocycles. The van der Waals surface area contributed by atoms with Gasteiger partial charge in [-0.2, -0.15) is 44.5 Å². The highest BCUT2D eigenvalue weighted by atomic mass is 32.1. The van der Waals surface area contributed by atoms with Crippen molar-refractivity contribution in [1.29, 1.82) is 0 Å². The van der Waals surface area contributed by atoms with Crippen molar-refractivity contribution in [3.63, 3.8) is 0 Å². The number of thiophene rings is 2. The van der Waals surface area contributed by atoms with Gasteiger partial charge in [-0.25, -0.2) is 0 Å². The normalized spacial score (nSPS) is 12.4. The maximum atomic E-state index is 18.4. The maximum absolute atomic E-state index is 18.4. The minimum absolute atomic E-state index is 0.747. The van der Waals surface area contributed by atoms with E-state index in [1.165, 1.54) is 22.7 Å². The highest BCUT2D eigenvalue weighted by molar-refractivity contribution is 7.32. The molecule has 0 amide bonds. The number of halogens is 2. The summed E-state index contributed by atoms with van der Waals surface area (Å²) >= 11 is 3.07. The molecular formula is C54H56B2F2S2-2. The van der Waals surface area contributed by atoms with E-state index in [0.717, 1.165) is 119 Å². The molecule has 6 heteroatoms. The van der Waals surface area contributed by atoms with Crippen LogP contribution in [-0.2, 0) is 0 Å². The van der Waals surface area contributed by atoms with E-state index in [0.29, 0.717) is 0 Å². The van der Waals surface area contributed by atoms with Crippen LogP contribution in [0.2, 0.25) is 0 Å². The van der Waals surface area contributed by atoms with Crippen LogP contribution in [0.25, 0.3) is 24.3 Å². The van der Waals surface area contributed by atoms with E-state index < -0.39 is 12.8 Å². The first-order valence-corrected chi connectivity index (χ1v) is 22.7. The molecule has 2 heterocycles. The van der Waals surface area contributed by atoms with E-state index in [4.69, 9.17) is 0 Å². The van der Waals surface area contributed by atoms with Crippen molar-refractivity contribution in [1.82, 2.24) is 0 Å². The van der Waals surface area contributed by atoms with Gasteiger partial charge in [0, 0.05) is 9.75 Å². The molecule has 0 bridgehead atoms. The number of aryl methyl sites for hydroxylation is 12. The van der Waals surface area contributed by atoms with Crippen molar-refractivity contribution in [2.75, 3.05) is 0 Å². The van der Waals surface area contributed by atoms with Crippen LogP contribution >= 0.6 is 22.7 Å². The van der Waals surface area contributed by atoms with Crippen LogP contribution in [0.4, 0.5) is 8.63 Å². The molecule has 0 radical (unpaired) electrons. The standard InChI is InChI=1S/C54H56B2F2S2/c1-33-25-37(5)51(38(6)26-33)55(57,52-39(7)27-34(2)28-40(52)8)49-23-21-47(59-49)19-17-45-13-15-46(16-14-45)18-20-48-22-24-50(60-48)56(58,53-41(9)29-35(3)30-42(53)10)54-43(11)31-36(4)32-44(54)12/h13-32H,1-12H3/q-2/b19-17+,20-18+. The Kier molecular flexibility index (Phi) is 12.1. The zero-order valence-corrected chi connectivity index (χ0v) is 38.9. The molecule has 60 heavy (non-hydrogen) atoms. The first-order valence-electron chi connectivity index (χ1n) is 21.1. The van der Waals surface area contributed by atoms with Gasteiger partial charge in [0.2, 0.25) is 12.8 Å². The van der Waals surface area contributed by atoms with Gasteiger partial charge in [-0.3, -0.25) is 0 Å². The Labute approximate surface area is 365 Å². The molecule has 306 valence electrons. The van der Waals surface area contributed by atoms with Crippen LogP contribution in [0.5, 0.6) is 0 Å². The monoisotopic (exact) mass is 828 g/mol. The van der Waals surface area contributed by atoms with Crippen LogP contribution in [0, 0.1) is 83.1 Å². The number of rotatable bonds is 10. The van der Waals surface area contributed by atoms with E-state index >= 15 is 8.63 Å². The smallest absolute Gasteiger partial charge is 0.244 e. The first-order chi connectivity index (χ1) is 28.4. The van der Waals surface area contributed by atoms with Crippen molar-refractivity contribution in [2.45, 2.75) is 83.1 Å². The lowest BCUT2D eigenvalue weighted by molar-refractivity contribution is 0.839. The number of hydrogen-bond acceptors (Lipinski definition) is 2. The van der Waals surface area contributed by atoms with E-state index in [2.05, 4.69) is 125 Å². The van der Waals surface area contributed by atoms with Crippen molar-refractivity contribution in [2.24, 2.45) is 0 Å². The molecule has 0 fully saturated rings. The maximum Gasteiger partial charge on any atom is 0.244 e. The van der Waals surface area contributed by atoms with E-state index in [9.17, 15) is 0 Å². The van der Waals surface area contributed by atoms with Gasteiger partial charge in [-0.05, 0) is 118 Å². The first kappa shape index (κ1) is 43.1. The molecule has 7 aromatic rings. The van der Waals surface area contributed by atoms with Crippen LogP contribution in [0.1, 0.15) is 87.6 Å². The topological polar surface area (TPSA) is 0 Å². The third-order valence-electron chi connectivity index (χ3n) is 12.4. The van der Waals surface area contributed by atoms with Crippen LogP contribution in [0.3, 0.4) is 0 Å². The molecule has 0 nitrogen and oxygen atoms in total. The quantitative estimate of drug-likeness (QED) is 0.121. The Morgan fingerprint density at radius 3 is 0.800 bits per heavy atom. The molecule has 0 aliphatic rings. The van der Waals surface area contributed by atoms with Gasteiger partial charge in [-0.1, -0.05) is 164 Å². The largest absolute Gasteiger partial charge is 0.497 e. The average molecular weight is 829 g/mol. The number of benzene rings is 5. The summed E-state index contributed by atoms with van der Waals surface area (Å²) in [4.78, 5) is 2.02. The van der Waals surface area contributed by atoms with Gasteiger partial charge >= 0.3 is 0 Å². The zero-order chi connectivity index (χ0) is 43.3. The van der Waals surface area contributed by atoms with Gasteiger partial charge in [0.05, 0.1) is 0 Å². The minimum atomic E-state index is -2.71. The van der Waals surface area contributed by atoms with E-state index in [1.54, 1.807) is 0 Å². The Morgan fingerprint density at radius 1 is 0.333 bits per heavy atom. The fraction of sp³-hybridized carbons (Fsp3) is 0.222. The predicted octanol–water partition coefficient (Wildman–Crippen LogP) is 11.7. The molecule has 7 rings (SSSR count). The second-order valence-electron chi connectivity index (χ2n) is 17.6. The van der Waals surface area contributed by atoms with Crippen molar-refractivity contribution in [3.8, 4) is 0 Å². The fourth-order valence-electron chi connectivity index (χ4n) is 10.6. The summed E-state index contributed by atoms with van der Waals surface area (Å²) in [5.74, 6) is 0. The Hall–Kier alpha value is -5.03. The Balaban J connectivity index is 1.15. The summed E-state index contributed by atoms with van der Waals surface area (Å²) in [6.45, 7) is 24.7. The lowest BCUT2D eigenvalue weighted by Gasteiger charge is -2.39. The summed E-state index contributed by atoms with van der Waals surface area (Å²) in [6, 6.07) is 33.4. The van der Waals surface area contributed by atoms with Crippen LogP contribution in [0.15, 0.2) is 97.1 Å². The minimum Gasteiger partial charge on any atom is -0.497 e. The molecular weight excluding hydrogens is 772 g/mol. The van der Waals surface area contributed by atoms with Crippen LogP contribution in [-0.4, -0.2) is 12.8 Å². The van der Waals surface area contributed by atoms with Crippen LogP contribution < -0.4 is 31.4 Å². The molecule has 2 aromatic heterocycles. The third kappa shape index (κ3) is 8.09. The van der Waals surface area contributed by atoms with Crippen molar-refractivity contribution in [3.05, 3.63) is 185 Å². The van der Waals surface area contributed by atoms with Gasteiger partial charge in [-0.15, -0.1) is 9.55 Å². The molecule has 0 spiro atoms. The molecule has 0 saturated heterocycles. The Bertz CT molecular complexity index is 2420. The van der Waals surface area contributed by atoms with Gasteiger partial charge in [0.1, 0.15) is 0 Å². The summed E-state index contributed by atoms with van der Waals surface area (Å²) in [5.41, 5.74) is 17.8. The van der Waals surface area contributed by atoms with Crippen molar-refractivity contribution < 1.29 is 8.63 Å². The second-order valence-corrected chi connectivity index (χ2v) is 19.9.